The number of benzene rings is 2. The van der Waals surface area contributed by atoms with Gasteiger partial charge in [-0.3, -0.25) is 9.89 Å². The van der Waals surface area contributed by atoms with Gasteiger partial charge in [-0.1, -0.05) is 36.0 Å². The zero-order valence-corrected chi connectivity index (χ0v) is 25.7. The van der Waals surface area contributed by atoms with Crippen LogP contribution >= 0.6 is 11.8 Å². The number of amidine groups is 1. The van der Waals surface area contributed by atoms with Gasteiger partial charge in [0.05, 0.1) is 34.5 Å². The van der Waals surface area contributed by atoms with Crippen LogP contribution < -0.4 is 9.47 Å². The van der Waals surface area contributed by atoms with Gasteiger partial charge in [0, 0.05) is 7.05 Å². The third-order valence-corrected chi connectivity index (χ3v) is 7.80. The molecule has 12 heteroatoms. The first-order valence-electron chi connectivity index (χ1n) is 13.5. The van der Waals surface area contributed by atoms with Crippen LogP contribution in [0.25, 0.3) is 0 Å². The average molecular weight is 603 g/mol. The molecule has 1 amide bonds. The molecule has 1 saturated heterocycles. The van der Waals surface area contributed by atoms with Crippen LogP contribution in [0.5, 0.6) is 11.5 Å². The standard InChI is InChI=1S/C30H38N2O9S/c1-30(2,3)41-29(34)32(4)28-31-22-23(38-16-18-8-12-20(35-5)13-9-18)24(25(26(33)37-7)40-27(22)42-28)39-17-19-10-14-21(36-6)15-11-19/h8-15,22-25,27H,16-17H2,1-7H3. The van der Waals surface area contributed by atoms with Crippen LogP contribution in [0.4, 0.5) is 4.79 Å². The number of methoxy groups -OCH3 is 3. The lowest BCUT2D eigenvalue weighted by Crippen LogP contribution is -2.59. The average Bonchev–Trinajstić information content (AvgIpc) is 3.41. The number of nitrogens with zero attached hydrogens (tertiary/aromatic N) is 2. The van der Waals surface area contributed by atoms with E-state index in [2.05, 4.69) is 0 Å². The predicted molar refractivity (Wildman–Crippen MR) is 157 cm³/mol. The number of amides is 1. The summed E-state index contributed by atoms with van der Waals surface area (Å²) in [6, 6.07) is 14.3. The highest BCUT2D eigenvalue weighted by atomic mass is 32.2. The number of aliphatic imine (C=N–C) groups is 1. The normalized spacial score (nSPS) is 23.4. The molecule has 2 aromatic rings. The Morgan fingerprint density at radius 1 is 0.881 bits per heavy atom. The Hall–Kier alpha value is -3.32. The minimum absolute atomic E-state index is 0.173. The number of hydrogen-bond acceptors (Lipinski definition) is 11. The fourth-order valence-corrected chi connectivity index (χ4v) is 5.56. The van der Waals surface area contributed by atoms with Crippen LogP contribution in [0.2, 0.25) is 0 Å². The number of carbonyl (C=O) groups excluding carboxylic acids is 2. The van der Waals surface area contributed by atoms with Gasteiger partial charge in [-0.2, -0.15) is 0 Å². The molecule has 11 nitrogen and oxygen atoms in total. The molecule has 2 aliphatic rings. The van der Waals surface area contributed by atoms with Gasteiger partial charge in [0.25, 0.3) is 0 Å². The summed E-state index contributed by atoms with van der Waals surface area (Å²) in [6.45, 7) is 5.76. The Kier molecular flexibility index (Phi) is 10.4. The molecular weight excluding hydrogens is 564 g/mol. The Balaban J connectivity index is 1.62. The molecule has 1 fully saturated rings. The number of esters is 1. The lowest BCUT2D eigenvalue weighted by atomic mass is 9.97. The summed E-state index contributed by atoms with van der Waals surface area (Å²) in [7, 11) is 6.08. The van der Waals surface area contributed by atoms with E-state index < -0.39 is 47.5 Å². The van der Waals surface area contributed by atoms with Crippen molar-refractivity contribution in [3.8, 4) is 11.5 Å². The Bertz CT molecular complexity index is 1250. The lowest BCUT2D eigenvalue weighted by Gasteiger charge is -2.41. The maximum absolute atomic E-state index is 13.0. The van der Waals surface area contributed by atoms with Gasteiger partial charge in [-0.15, -0.1) is 0 Å². The highest BCUT2D eigenvalue weighted by Gasteiger charge is 2.54. The van der Waals surface area contributed by atoms with Gasteiger partial charge in [0.1, 0.15) is 40.8 Å². The van der Waals surface area contributed by atoms with Crippen LogP contribution in [0.15, 0.2) is 53.5 Å². The number of thioether (sulfide) groups is 1. The van der Waals surface area contributed by atoms with Gasteiger partial charge in [0.2, 0.25) is 0 Å². The highest BCUT2D eigenvalue weighted by Crippen LogP contribution is 2.40. The molecule has 0 aromatic heterocycles. The summed E-state index contributed by atoms with van der Waals surface area (Å²) in [4.78, 5) is 31.9. The fourth-order valence-electron chi connectivity index (χ4n) is 4.40. The second-order valence-electron chi connectivity index (χ2n) is 10.8. The zero-order chi connectivity index (χ0) is 30.4. The van der Waals surface area contributed by atoms with Crippen molar-refractivity contribution in [1.82, 2.24) is 4.90 Å². The summed E-state index contributed by atoms with van der Waals surface area (Å²) in [5.41, 5.74) is 0.447. The van der Waals surface area contributed by atoms with Gasteiger partial charge >= 0.3 is 12.1 Å². The van der Waals surface area contributed by atoms with E-state index in [0.29, 0.717) is 5.17 Å². The second-order valence-corrected chi connectivity index (χ2v) is 11.8. The molecule has 2 heterocycles. The van der Waals surface area contributed by atoms with Gasteiger partial charge in [-0.05, 0) is 56.2 Å². The van der Waals surface area contributed by atoms with E-state index in [1.54, 1.807) is 42.0 Å². The van der Waals surface area contributed by atoms with Crippen LogP contribution in [0, 0.1) is 0 Å². The van der Waals surface area contributed by atoms with E-state index >= 15 is 0 Å². The number of fused-ring (bicyclic) bond motifs is 1. The summed E-state index contributed by atoms with van der Waals surface area (Å²) in [5, 5.41) is 0.386. The van der Waals surface area contributed by atoms with Crippen molar-refractivity contribution in [2.24, 2.45) is 4.99 Å². The van der Waals surface area contributed by atoms with E-state index in [-0.39, 0.29) is 13.2 Å². The van der Waals surface area contributed by atoms with Crippen molar-refractivity contribution in [1.29, 1.82) is 0 Å². The van der Waals surface area contributed by atoms with E-state index in [1.165, 1.54) is 23.8 Å². The first-order chi connectivity index (χ1) is 20.0. The topological polar surface area (TPSA) is 114 Å². The molecule has 5 atom stereocenters. The summed E-state index contributed by atoms with van der Waals surface area (Å²) < 4.78 is 40.2. The van der Waals surface area contributed by atoms with E-state index in [1.807, 2.05) is 48.5 Å². The molecular formula is C30H38N2O9S. The summed E-state index contributed by atoms with van der Waals surface area (Å²) >= 11 is 1.22. The smallest absolute Gasteiger partial charge is 0.416 e. The fraction of sp³-hybridized carbons (Fsp3) is 0.500. The third kappa shape index (κ3) is 7.74. The predicted octanol–water partition coefficient (Wildman–Crippen LogP) is 4.41. The SMILES string of the molecule is COC(=O)C1OC2SC(N(C)C(=O)OC(C)(C)C)=NC2C(OCc2ccc(OC)cc2)C1OCc1ccc(OC)cc1. The third-order valence-electron chi connectivity index (χ3n) is 6.59. The van der Waals surface area contributed by atoms with Gasteiger partial charge in [-0.25, -0.2) is 9.59 Å². The molecule has 5 unspecified atom stereocenters. The van der Waals surface area contributed by atoms with Gasteiger partial charge in [0.15, 0.2) is 11.3 Å². The molecule has 2 aromatic carbocycles. The molecule has 0 spiro atoms. The first-order valence-corrected chi connectivity index (χ1v) is 14.3. The van der Waals surface area contributed by atoms with E-state index in [4.69, 9.17) is 38.2 Å². The Morgan fingerprint density at radius 2 is 1.40 bits per heavy atom. The van der Waals surface area contributed by atoms with E-state index in [0.717, 1.165) is 22.6 Å². The number of carbonyl (C=O) groups is 2. The lowest BCUT2D eigenvalue weighted by molar-refractivity contribution is -0.211. The molecule has 0 aliphatic carbocycles. The number of hydrogen-bond donors (Lipinski definition) is 0. The molecule has 0 saturated carbocycles. The molecule has 0 bridgehead atoms. The molecule has 4 rings (SSSR count). The monoisotopic (exact) mass is 602 g/mol. The Morgan fingerprint density at radius 3 is 1.88 bits per heavy atom. The highest BCUT2D eigenvalue weighted by molar-refractivity contribution is 8.14. The Labute approximate surface area is 250 Å². The molecule has 0 N–H and O–H groups in total. The number of rotatable bonds is 9. The van der Waals surface area contributed by atoms with Crippen molar-refractivity contribution < 1.29 is 42.7 Å². The maximum atomic E-state index is 13.0. The minimum atomic E-state index is -1.09. The number of ether oxygens (including phenoxy) is 7. The first kappa shape index (κ1) is 31.6. The van der Waals surface area contributed by atoms with Crippen molar-refractivity contribution in [2.45, 2.75) is 69.4 Å². The quantitative estimate of drug-likeness (QED) is 0.383. The molecule has 2 aliphatic heterocycles. The zero-order valence-electron chi connectivity index (χ0n) is 24.9. The van der Waals surface area contributed by atoms with Crippen molar-refractivity contribution in [3.05, 3.63) is 59.7 Å². The molecule has 0 radical (unpaired) electrons. The van der Waals surface area contributed by atoms with Crippen molar-refractivity contribution >= 4 is 29.0 Å². The van der Waals surface area contributed by atoms with Crippen LogP contribution in [-0.2, 0) is 41.7 Å². The molecule has 42 heavy (non-hydrogen) atoms. The molecule has 228 valence electrons. The second kappa shape index (κ2) is 13.8. The van der Waals surface area contributed by atoms with Crippen molar-refractivity contribution in [2.75, 3.05) is 28.4 Å². The van der Waals surface area contributed by atoms with Crippen molar-refractivity contribution in [3.63, 3.8) is 0 Å². The summed E-state index contributed by atoms with van der Waals surface area (Å²) in [6.07, 6.45) is -3.23. The largest absolute Gasteiger partial charge is 0.497 e. The van der Waals surface area contributed by atoms with Crippen LogP contribution in [0.3, 0.4) is 0 Å². The summed E-state index contributed by atoms with van der Waals surface area (Å²) in [5.74, 6) is 0.846. The van der Waals surface area contributed by atoms with Crippen LogP contribution in [0.1, 0.15) is 31.9 Å². The van der Waals surface area contributed by atoms with Crippen LogP contribution in [-0.4, -0.2) is 85.9 Å². The van der Waals surface area contributed by atoms with E-state index in [9.17, 15) is 9.59 Å². The van der Waals surface area contributed by atoms with Gasteiger partial charge < -0.3 is 33.2 Å². The minimum Gasteiger partial charge on any atom is -0.497 e. The maximum Gasteiger partial charge on any atom is 0.416 e.